The summed E-state index contributed by atoms with van der Waals surface area (Å²) < 4.78 is 13.5. The second kappa shape index (κ2) is 10.0. The van der Waals surface area contributed by atoms with Crippen LogP contribution in [0.2, 0.25) is 0 Å². The number of anilines is 1. The van der Waals surface area contributed by atoms with Gasteiger partial charge in [-0.2, -0.15) is 0 Å². The van der Waals surface area contributed by atoms with Crippen LogP contribution in [-0.4, -0.2) is 28.5 Å². The molecule has 0 spiro atoms. The average Bonchev–Trinajstić information content (AvgIpc) is 3.29. The Morgan fingerprint density at radius 2 is 2.00 bits per heavy atom. The van der Waals surface area contributed by atoms with E-state index in [2.05, 4.69) is 27.8 Å². The SMILES string of the molecule is CCCCCCSc1n[n+]2c(c(=O)[nH]1)-c1ccccc1N(C(C)=O)[C@@H]2c1cc2c(cc1Br)OCO2. The number of halogens is 1. The highest BCUT2D eigenvalue weighted by Crippen LogP contribution is 2.43. The average molecular weight is 558 g/mol. The van der Waals surface area contributed by atoms with Gasteiger partial charge in [-0.3, -0.25) is 14.6 Å². The van der Waals surface area contributed by atoms with Crippen molar-refractivity contribution in [3.8, 4) is 22.8 Å². The van der Waals surface area contributed by atoms with Crippen molar-refractivity contribution in [2.75, 3.05) is 17.4 Å². The Bertz CT molecular complexity index is 1350. The number of para-hydroxylation sites is 1. The highest BCUT2D eigenvalue weighted by Gasteiger charge is 2.46. The maximum Gasteiger partial charge on any atom is 0.325 e. The van der Waals surface area contributed by atoms with Gasteiger partial charge in [0.25, 0.3) is 6.17 Å². The Morgan fingerprint density at radius 1 is 1.23 bits per heavy atom. The molecule has 182 valence electrons. The quantitative estimate of drug-likeness (QED) is 0.255. The summed E-state index contributed by atoms with van der Waals surface area (Å²) in [5.74, 6) is 1.90. The number of rotatable bonds is 7. The molecule has 0 unspecified atom stereocenters. The number of aromatic nitrogens is 3. The molecule has 0 bridgehead atoms. The minimum Gasteiger partial charge on any atom is -0.454 e. The molecule has 0 saturated heterocycles. The van der Waals surface area contributed by atoms with Crippen molar-refractivity contribution in [1.82, 2.24) is 10.1 Å². The molecule has 2 aromatic carbocycles. The van der Waals surface area contributed by atoms with Crippen molar-refractivity contribution < 1.29 is 19.0 Å². The van der Waals surface area contributed by atoms with Crippen molar-refractivity contribution in [2.45, 2.75) is 50.9 Å². The minimum atomic E-state index is -0.692. The summed E-state index contributed by atoms with van der Waals surface area (Å²) in [4.78, 5) is 31.1. The summed E-state index contributed by atoms with van der Waals surface area (Å²) in [5.41, 5.74) is 2.21. The van der Waals surface area contributed by atoms with E-state index < -0.39 is 6.17 Å². The van der Waals surface area contributed by atoms with Gasteiger partial charge >= 0.3 is 11.3 Å². The number of unbranched alkanes of at least 4 members (excludes halogenated alkanes) is 3. The predicted molar refractivity (Wildman–Crippen MR) is 137 cm³/mol. The minimum absolute atomic E-state index is 0.135. The zero-order valence-corrected chi connectivity index (χ0v) is 21.9. The second-order valence-electron chi connectivity index (χ2n) is 8.47. The third-order valence-electron chi connectivity index (χ3n) is 6.10. The molecule has 35 heavy (non-hydrogen) atoms. The van der Waals surface area contributed by atoms with Crippen molar-refractivity contribution in [3.05, 3.63) is 56.8 Å². The van der Waals surface area contributed by atoms with E-state index >= 15 is 0 Å². The number of hydrogen-bond acceptors (Lipinski definition) is 6. The number of nitrogens with zero attached hydrogens (tertiary/aromatic N) is 3. The monoisotopic (exact) mass is 557 g/mol. The van der Waals surface area contributed by atoms with Gasteiger partial charge in [-0.15, -0.1) is 0 Å². The molecule has 0 aliphatic carbocycles. The number of benzene rings is 2. The molecule has 1 aromatic heterocycles. The summed E-state index contributed by atoms with van der Waals surface area (Å²) in [6.45, 7) is 3.84. The number of aromatic amines is 1. The number of H-pyrrole nitrogens is 1. The van der Waals surface area contributed by atoms with Crippen LogP contribution in [0.1, 0.15) is 51.3 Å². The topological polar surface area (TPSA) is 88.4 Å². The lowest BCUT2D eigenvalue weighted by Crippen LogP contribution is -2.60. The first kappa shape index (κ1) is 23.9. The lowest BCUT2D eigenvalue weighted by atomic mass is 10.0. The summed E-state index contributed by atoms with van der Waals surface area (Å²) in [5, 5.41) is 5.38. The predicted octanol–water partition coefficient (Wildman–Crippen LogP) is 4.80. The lowest BCUT2D eigenvalue weighted by Gasteiger charge is -2.31. The molecule has 1 amide bonds. The third-order valence-corrected chi connectivity index (χ3v) is 7.74. The highest BCUT2D eigenvalue weighted by atomic mass is 79.9. The zero-order valence-electron chi connectivity index (χ0n) is 19.5. The van der Waals surface area contributed by atoms with Gasteiger partial charge in [0.2, 0.25) is 17.9 Å². The molecule has 8 nitrogen and oxygen atoms in total. The fourth-order valence-corrected chi connectivity index (χ4v) is 5.87. The fourth-order valence-electron chi connectivity index (χ4n) is 4.49. The van der Waals surface area contributed by atoms with Gasteiger partial charge in [-0.25, -0.2) is 4.90 Å². The van der Waals surface area contributed by atoms with Gasteiger partial charge in [0.05, 0.1) is 16.8 Å². The van der Waals surface area contributed by atoms with Crippen molar-refractivity contribution in [3.63, 3.8) is 0 Å². The molecule has 3 aromatic rings. The molecule has 2 aliphatic rings. The van der Waals surface area contributed by atoms with Gasteiger partial charge in [-0.1, -0.05) is 66.0 Å². The van der Waals surface area contributed by atoms with E-state index in [0.717, 1.165) is 28.6 Å². The van der Waals surface area contributed by atoms with Crippen LogP contribution in [-0.2, 0) is 4.79 Å². The highest BCUT2D eigenvalue weighted by molar-refractivity contribution is 9.10. The standard InChI is InChI=1S/C25H25BrN4O4S/c1-3-4-5-8-11-35-25-27-23(32)22-16-9-6-7-10-19(16)29(15(2)31)24(30(22)28-25)17-12-20-21(13-18(17)26)34-14-33-20/h6-7,9-10,12-13,24H,3-5,8,11,14H2,1-2H3/p+1/t24-/m0/s1. The van der Waals surface area contributed by atoms with Gasteiger partial charge < -0.3 is 9.47 Å². The zero-order chi connectivity index (χ0) is 24.5. The first-order valence-electron chi connectivity index (χ1n) is 11.7. The largest absolute Gasteiger partial charge is 0.454 e. The summed E-state index contributed by atoms with van der Waals surface area (Å²) in [7, 11) is 0. The van der Waals surface area contributed by atoms with Crippen LogP contribution in [0, 0.1) is 0 Å². The van der Waals surface area contributed by atoms with Crippen LogP contribution in [0.25, 0.3) is 11.3 Å². The van der Waals surface area contributed by atoms with E-state index in [-0.39, 0.29) is 18.3 Å². The smallest absolute Gasteiger partial charge is 0.325 e. The molecule has 0 radical (unpaired) electrons. The van der Waals surface area contributed by atoms with Gasteiger partial charge in [-0.05, 0) is 35.4 Å². The first-order valence-corrected chi connectivity index (χ1v) is 13.4. The van der Waals surface area contributed by atoms with Crippen LogP contribution >= 0.6 is 27.7 Å². The molecular weight excluding hydrogens is 532 g/mol. The lowest BCUT2D eigenvalue weighted by molar-refractivity contribution is -0.763. The van der Waals surface area contributed by atoms with E-state index in [1.54, 1.807) is 9.58 Å². The Morgan fingerprint density at radius 3 is 2.77 bits per heavy atom. The number of carbonyl (C=O) groups excluding carboxylic acids is 1. The number of nitrogens with one attached hydrogen (secondary N) is 1. The molecule has 2 aliphatic heterocycles. The number of fused-ring (bicyclic) bond motifs is 4. The van der Waals surface area contributed by atoms with Crippen molar-refractivity contribution >= 4 is 39.3 Å². The van der Waals surface area contributed by atoms with E-state index in [4.69, 9.17) is 14.6 Å². The maximum absolute atomic E-state index is 13.4. The molecule has 10 heteroatoms. The Balaban J connectivity index is 1.67. The van der Waals surface area contributed by atoms with E-state index in [1.165, 1.54) is 31.5 Å². The summed E-state index contributed by atoms with van der Waals surface area (Å²) in [6, 6.07) is 11.1. The summed E-state index contributed by atoms with van der Waals surface area (Å²) in [6.07, 6.45) is 3.85. The van der Waals surface area contributed by atoms with Crippen molar-refractivity contribution in [2.24, 2.45) is 0 Å². The van der Waals surface area contributed by atoms with E-state index in [0.29, 0.717) is 33.6 Å². The molecule has 0 saturated carbocycles. The number of amides is 1. The maximum atomic E-state index is 13.4. The second-order valence-corrected chi connectivity index (χ2v) is 10.4. The fraction of sp³-hybridized carbons (Fsp3) is 0.360. The first-order chi connectivity index (χ1) is 17.0. The molecule has 5 rings (SSSR count). The Labute approximate surface area is 215 Å². The third kappa shape index (κ3) is 4.45. The molecular formula is C25H26BrN4O4S+. The summed E-state index contributed by atoms with van der Waals surface area (Å²) >= 11 is 5.17. The van der Waals surface area contributed by atoms with Gasteiger partial charge in [0.1, 0.15) is 0 Å². The van der Waals surface area contributed by atoms with Gasteiger partial charge in [0.15, 0.2) is 11.5 Å². The number of carbonyl (C=O) groups is 1. The Hall–Kier alpha value is -2.85. The van der Waals surface area contributed by atoms with Crippen LogP contribution in [0.4, 0.5) is 5.69 Å². The number of ether oxygens (including phenoxy) is 2. The normalized spacial score (nSPS) is 15.6. The van der Waals surface area contributed by atoms with Crippen molar-refractivity contribution in [1.29, 1.82) is 0 Å². The number of hydrogen-bond donors (Lipinski definition) is 1. The molecule has 1 N–H and O–H groups in total. The van der Waals surface area contributed by atoms with E-state index in [1.807, 2.05) is 36.4 Å². The van der Waals surface area contributed by atoms with Crippen LogP contribution in [0.5, 0.6) is 11.5 Å². The Kier molecular flexibility index (Phi) is 6.84. The number of thioether (sulfide) groups is 1. The molecule has 0 fully saturated rings. The van der Waals surface area contributed by atoms with E-state index in [9.17, 15) is 9.59 Å². The van der Waals surface area contributed by atoms with Crippen LogP contribution < -0.4 is 24.6 Å². The molecule has 1 atom stereocenters. The van der Waals surface area contributed by atoms with Crippen LogP contribution in [0.15, 0.2) is 50.8 Å². The molecule has 3 heterocycles. The van der Waals surface area contributed by atoms with Crippen LogP contribution in [0.3, 0.4) is 0 Å². The van der Waals surface area contributed by atoms with Gasteiger partial charge in [0, 0.05) is 22.2 Å².